The number of fused-ring (bicyclic) bond motifs is 1. The molecule has 1 aromatic carbocycles. The molecule has 0 aliphatic carbocycles. The van der Waals surface area contributed by atoms with Crippen LogP contribution in [0.25, 0.3) is 0 Å². The maximum Gasteiger partial charge on any atom is 0.254 e. The van der Waals surface area contributed by atoms with Crippen LogP contribution in [0.5, 0.6) is 5.75 Å². The lowest BCUT2D eigenvalue weighted by molar-refractivity contribution is 0.0814. The van der Waals surface area contributed by atoms with E-state index in [0.29, 0.717) is 23.4 Å². The third kappa shape index (κ3) is 1.37. The van der Waals surface area contributed by atoms with Gasteiger partial charge in [0, 0.05) is 19.2 Å². The molecule has 4 heteroatoms. The lowest BCUT2D eigenvalue weighted by Gasteiger charge is -2.09. The second-order valence-electron chi connectivity index (χ2n) is 3.58. The average Bonchev–Trinajstić information content (AvgIpc) is 2.54. The van der Waals surface area contributed by atoms with Gasteiger partial charge in [-0.3, -0.25) is 4.79 Å². The second-order valence-corrected chi connectivity index (χ2v) is 3.58. The summed E-state index contributed by atoms with van der Waals surface area (Å²) in [5, 5.41) is 0. The number of hydrogen-bond donors (Lipinski definition) is 0. The van der Waals surface area contributed by atoms with E-state index in [1.807, 2.05) is 6.07 Å². The van der Waals surface area contributed by atoms with Gasteiger partial charge in [0.05, 0.1) is 12.7 Å². The van der Waals surface area contributed by atoms with Crippen LogP contribution in [0, 0.1) is 0 Å². The number of ether oxygens (including phenoxy) is 1. The Hall–Kier alpha value is -1.58. The summed E-state index contributed by atoms with van der Waals surface area (Å²) in [6.45, 7) is -0.128. The van der Waals surface area contributed by atoms with Crippen LogP contribution in [0.4, 0.5) is 4.39 Å². The molecule has 0 bridgehead atoms. The Bertz CT molecular complexity index is 417. The zero-order valence-corrected chi connectivity index (χ0v) is 8.71. The van der Waals surface area contributed by atoms with E-state index in [-0.39, 0.29) is 5.91 Å². The van der Waals surface area contributed by atoms with Crippen LogP contribution in [0.15, 0.2) is 12.1 Å². The van der Waals surface area contributed by atoms with E-state index in [9.17, 15) is 9.18 Å². The fourth-order valence-electron chi connectivity index (χ4n) is 1.92. The molecule has 0 saturated carbocycles. The summed E-state index contributed by atoms with van der Waals surface area (Å²) >= 11 is 0. The van der Waals surface area contributed by atoms with Gasteiger partial charge in [-0.1, -0.05) is 6.07 Å². The fraction of sp³-hybridized carbons (Fsp3) is 0.364. The van der Waals surface area contributed by atoms with Gasteiger partial charge in [-0.15, -0.1) is 0 Å². The number of hydrogen-bond acceptors (Lipinski definition) is 2. The Kier molecular flexibility index (Phi) is 2.34. The molecule has 1 aromatic rings. The molecular formula is C11H12FNO2. The predicted octanol–water partition coefficient (Wildman–Crippen LogP) is 1.75. The highest BCUT2D eigenvalue weighted by Crippen LogP contribution is 2.31. The topological polar surface area (TPSA) is 29.5 Å². The number of halogens is 1. The molecule has 0 fully saturated rings. The minimum absolute atomic E-state index is 0.128. The number of rotatable bonds is 2. The first-order chi connectivity index (χ1) is 7.19. The van der Waals surface area contributed by atoms with Gasteiger partial charge < -0.3 is 9.64 Å². The Labute approximate surface area is 87.5 Å². The molecule has 2 rings (SSSR count). The highest BCUT2D eigenvalue weighted by Gasteiger charge is 2.29. The molecule has 80 valence electrons. The van der Waals surface area contributed by atoms with E-state index in [0.717, 1.165) is 5.56 Å². The molecule has 1 aliphatic rings. The van der Waals surface area contributed by atoms with Gasteiger partial charge in [0.15, 0.2) is 0 Å². The molecule has 1 heterocycles. The van der Waals surface area contributed by atoms with Crippen molar-refractivity contribution < 1.29 is 13.9 Å². The van der Waals surface area contributed by atoms with Gasteiger partial charge in [-0.2, -0.15) is 0 Å². The summed E-state index contributed by atoms with van der Waals surface area (Å²) in [5.41, 5.74) is 1.71. The van der Waals surface area contributed by atoms with E-state index >= 15 is 0 Å². The van der Waals surface area contributed by atoms with Crippen molar-refractivity contribution in [1.29, 1.82) is 0 Å². The van der Waals surface area contributed by atoms with E-state index in [1.165, 1.54) is 7.11 Å². The molecule has 1 amide bonds. The smallest absolute Gasteiger partial charge is 0.254 e. The Morgan fingerprint density at radius 2 is 2.27 bits per heavy atom. The summed E-state index contributed by atoms with van der Waals surface area (Å²) in [7, 11) is 3.18. The quantitative estimate of drug-likeness (QED) is 0.742. The van der Waals surface area contributed by atoms with Crippen LogP contribution < -0.4 is 4.74 Å². The first-order valence-electron chi connectivity index (χ1n) is 4.69. The second kappa shape index (κ2) is 3.53. The molecule has 0 N–H and O–H groups in total. The van der Waals surface area contributed by atoms with E-state index in [1.54, 1.807) is 18.0 Å². The first-order valence-corrected chi connectivity index (χ1v) is 4.69. The van der Waals surface area contributed by atoms with E-state index in [2.05, 4.69) is 0 Å². The maximum atomic E-state index is 12.9. The van der Waals surface area contributed by atoms with Crippen molar-refractivity contribution in [3.8, 4) is 5.75 Å². The molecule has 0 aromatic heterocycles. The van der Waals surface area contributed by atoms with Gasteiger partial charge >= 0.3 is 0 Å². The minimum atomic E-state index is -0.675. The third-order valence-electron chi connectivity index (χ3n) is 2.68. The summed E-state index contributed by atoms with van der Waals surface area (Å²) in [6.07, 6.45) is 0. The number of benzene rings is 1. The number of carbonyl (C=O) groups excluding carboxylic acids is 1. The van der Waals surface area contributed by atoms with Crippen molar-refractivity contribution in [1.82, 2.24) is 4.90 Å². The number of nitrogens with zero attached hydrogens (tertiary/aromatic N) is 1. The van der Waals surface area contributed by atoms with Crippen LogP contribution in [-0.2, 0) is 13.2 Å². The SMILES string of the molecule is COc1ccc2c(c1CF)C(=O)N(C)C2. The largest absolute Gasteiger partial charge is 0.496 e. The highest BCUT2D eigenvalue weighted by molar-refractivity contribution is 6.00. The summed E-state index contributed by atoms with van der Waals surface area (Å²) < 4.78 is 17.9. The van der Waals surface area contributed by atoms with Crippen molar-refractivity contribution in [2.45, 2.75) is 13.2 Å². The van der Waals surface area contributed by atoms with Crippen molar-refractivity contribution in [2.75, 3.05) is 14.2 Å². The van der Waals surface area contributed by atoms with Crippen LogP contribution >= 0.6 is 0 Å². The number of carbonyl (C=O) groups is 1. The van der Waals surface area contributed by atoms with Crippen LogP contribution in [0.1, 0.15) is 21.5 Å². The van der Waals surface area contributed by atoms with Crippen molar-refractivity contribution >= 4 is 5.91 Å². The lowest BCUT2D eigenvalue weighted by atomic mass is 10.0. The molecule has 3 nitrogen and oxygen atoms in total. The lowest BCUT2D eigenvalue weighted by Crippen LogP contribution is -2.18. The monoisotopic (exact) mass is 209 g/mol. The zero-order chi connectivity index (χ0) is 11.0. The van der Waals surface area contributed by atoms with Gasteiger partial charge in [-0.25, -0.2) is 4.39 Å². The molecule has 0 atom stereocenters. The molecule has 0 spiro atoms. The van der Waals surface area contributed by atoms with Gasteiger partial charge in [0.2, 0.25) is 0 Å². The van der Waals surface area contributed by atoms with Crippen molar-refractivity contribution in [2.24, 2.45) is 0 Å². The Balaban J connectivity index is 2.61. The number of amides is 1. The van der Waals surface area contributed by atoms with Crippen LogP contribution in [0.3, 0.4) is 0 Å². The minimum Gasteiger partial charge on any atom is -0.496 e. The summed E-state index contributed by atoms with van der Waals surface area (Å²) in [4.78, 5) is 13.3. The number of methoxy groups -OCH3 is 1. The normalized spacial score (nSPS) is 14.3. The molecule has 0 saturated heterocycles. The summed E-state index contributed by atoms with van der Waals surface area (Å²) in [6, 6.07) is 3.52. The van der Waals surface area contributed by atoms with Crippen molar-refractivity contribution in [3.05, 3.63) is 28.8 Å². The van der Waals surface area contributed by atoms with Crippen LogP contribution in [-0.4, -0.2) is 25.0 Å². The van der Waals surface area contributed by atoms with Gasteiger partial charge in [0.1, 0.15) is 12.4 Å². The van der Waals surface area contributed by atoms with Gasteiger partial charge in [-0.05, 0) is 11.6 Å². The first kappa shape index (κ1) is 9.96. The van der Waals surface area contributed by atoms with Crippen LogP contribution in [0.2, 0.25) is 0 Å². The molecule has 15 heavy (non-hydrogen) atoms. The van der Waals surface area contributed by atoms with E-state index < -0.39 is 6.67 Å². The average molecular weight is 209 g/mol. The Morgan fingerprint density at radius 1 is 1.53 bits per heavy atom. The molecule has 1 aliphatic heterocycles. The Morgan fingerprint density at radius 3 is 2.87 bits per heavy atom. The highest BCUT2D eigenvalue weighted by atomic mass is 19.1. The van der Waals surface area contributed by atoms with E-state index in [4.69, 9.17) is 4.74 Å². The predicted molar refractivity (Wildman–Crippen MR) is 53.6 cm³/mol. The zero-order valence-electron chi connectivity index (χ0n) is 8.71. The molecule has 0 radical (unpaired) electrons. The fourth-order valence-corrected chi connectivity index (χ4v) is 1.92. The number of alkyl halides is 1. The maximum absolute atomic E-state index is 12.9. The molecule has 0 unspecified atom stereocenters. The van der Waals surface area contributed by atoms with Gasteiger partial charge in [0.25, 0.3) is 5.91 Å². The van der Waals surface area contributed by atoms with Crippen molar-refractivity contribution in [3.63, 3.8) is 0 Å². The standard InChI is InChI=1S/C11H12FNO2/c1-13-6-7-3-4-9(15-2)8(5-12)10(7)11(13)14/h3-4H,5-6H2,1-2H3. The summed E-state index contributed by atoms with van der Waals surface area (Å²) in [5.74, 6) is 0.316. The third-order valence-corrected chi connectivity index (χ3v) is 2.68. The molecular weight excluding hydrogens is 197 g/mol.